The number of pyridine rings is 1. The molecule has 0 aliphatic rings. The highest BCUT2D eigenvalue weighted by Gasteiger charge is 2.19. The van der Waals surface area contributed by atoms with Crippen LogP contribution in [0.4, 0.5) is 0 Å². The zero-order chi connectivity index (χ0) is 21.0. The van der Waals surface area contributed by atoms with Gasteiger partial charge in [0.1, 0.15) is 12.1 Å². The summed E-state index contributed by atoms with van der Waals surface area (Å²) in [6, 6.07) is 8.70. The molecule has 3 rings (SSSR count). The summed E-state index contributed by atoms with van der Waals surface area (Å²) in [4.78, 5) is 32.5. The Balaban J connectivity index is 1.65. The van der Waals surface area contributed by atoms with Crippen molar-refractivity contribution in [2.75, 3.05) is 14.1 Å². The lowest BCUT2D eigenvalue weighted by Gasteiger charge is -2.12. The molecule has 0 fully saturated rings. The fraction of sp³-hybridized carbons (Fsp3) is 0.111. The molecule has 0 aliphatic carbocycles. The highest BCUT2D eigenvalue weighted by molar-refractivity contribution is 7.89. The third-order valence-electron chi connectivity index (χ3n) is 3.94. The van der Waals surface area contributed by atoms with Gasteiger partial charge in [0.05, 0.1) is 10.5 Å². The molecule has 0 unspecified atom stereocenters. The standard InChI is InChI=1S/C18H18N6O4S/c1-23(2)29(27,28)15-5-3-4-13(10-15)17(25)21-22-18(26)14-6-7-16(20-11-14)24-9-8-19-12-24/h3-12H,1-2H3,(H,21,25)(H,22,26). The van der Waals surface area contributed by atoms with E-state index in [1.165, 1.54) is 44.6 Å². The zero-order valence-electron chi connectivity index (χ0n) is 15.6. The van der Waals surface area contributed by atoms with Crippen LogP contribution in [0.5, 0.6) is 0 Å². The first-order valence-electron chi connectivity index (χ1n) is 8.36. The van der Waals surface area contributed by atoms with Gasteiger partial charge in [0.15, 0.2) is 0 Å². The highest BCUT2D eigenvalue weighted by atomic mass is 32.2. The van der Waals surface area contributed by atoms with Crippen LogP contribution >= 0.6 is 0 Å². The molecule has 10 nitrogen and oxygen atoms in total. The smallest absolute Gasteiger partial charge is 0.271 e. The van der Waals surface area contributed by atoms with E-state index < -0.39 is 21.8 Å². The predicted octanol–water partition coefficient (Wildman–Crippen LogP) is 0.592. The molecule has 3 aromatic rings. The van der Waals surface area contributed by atoms with Gasteiger partial charge in [-0.05, 0) is 30.3 Å². The Morgan fingerprint density at radius 1 is 1.03 bits per heavy atom. The van der Waals surface area contributed by atoms with Crippen LogP contribution in [0, 0.1) is 0 Å². The van der Waals surface area contributed by atoms with Crippen LogP contribution in [0.3, 0.4) is 0 Å². The van der Waals surface area contributed by atoms with E-state index in [4.69, 9.17) is 0 Å². The summed E-state index contributed by atoms with van der Waals surface area (Å²) in [5.41, 5.74) is 4.85. The summed E-state index contributed by atoms with van der Waals surface area (Å²) < 4.78 is 27.1. The van der Waals surface area contributed by atoms with Gasteiger partial charge in [0.2, 0.25) is 10.0 Å². The van der Waals surface area contributed by atoms with E-state index in [-0.39, 0.29) is 16.0 Å². The van der Waals surface area contributed by atoms with Gasteiger partial charge >= 0.3 is 0 Å². The maximum absolute atomic E-state index is 12.3. The minimum atomic E-state index is -3.68. The molecule has 0 saturated carbocycles. The number of nitrogens with zero attached hydrogens (tertiary/aromatic N) is 4. The third-order valence-corrected chi connectivity index (χ3v) is 5.75. The number of aromatic nitrogens is 3. The number of hydrogen-bond donors (Lipinski definition) is 2. The van der Waals surface area contributed by atoms with Gasteiger partial charge in [-0.3, -0.25) is 25.0 Å². The van der Waals surface area contributed by atoms with E-state index in [0.29, 0.717) is 5.82 Å². The molecular formula is C18H18N6O4S. The van der Waals surface area contributed by atoms with Crippen molar-refractivity contribution in [1.29, 1.82) is 0 Å². The van der Waals surface area contributed by atoms with E-state index in [0.717, 1.165) is 4.31 Å². The molecule has 0 atom stereocenters. The maximum Gasteiger partial charge on any atom is 0.271 e. The fourth-order valence-corrected chi connectivity index (χ4v) is 3.28. The van der Waals surface area contributed by atoms with Gasteiger partial charge in [-0.2, -0.15) is 0 Å². The maximum atomic E-state index is 12.3. The molecule has 29 heavy (non-hydrogen) atoms. The SMILES string of the molecule is CN(C)S(=O)(=O)c1cccc(C(=O)NNC(=O)c2ccc(-n3ccnc3)nc2)c1. The van der Waals surface area contributed by atoms with E-state index in [9.17, 15) is 18.0 Å². The summed E-state index contributed by atoms with van der Waals surface area (Å²) in [7, 11) is -0.884. The van der Waals surface area contributed by atoms with Gasteiger partial charge in [-0.1, -0.05) is 6.07 Å². The number of carbonyl (C=O) groups is 2. The normalized spacial score (nSPS) is 11.3. The average Bonchev–Trinajstić information content (AvgIpc) is 3.26. The van der Waals surface area contributed by atoms with Crippen LogP contribution in [0.15, 0.2) is 66.2 Å². The summed E-state index contributed by atoms with van der Waals surface area (Å²) in [6.07, 6.45) is 6.26. The molecule has 0 radical (unpaired) electrons. The quantitative estimate of drug-likeness (QED) is 0.589. The first-order valence-corrected chi connectivity index (χ1v) is 9.81. The molecule has 2 aromatic heterocycles. The van der Waals surface area contributed by atoms with E-state index >= 15 is 0 Å². The second-order valence-electron chi connectivity index (χ2n) is 6.10. The van der Waals surface area contributed by atoms with Crippen molar-refractivity contribution >= 4 is 21.8 Å². The largest absolute Gasteiger partial charge is 0.291 e. The zero-order valence-corrected chi connectivity index (χ0v) is 16.4. The Hall–Kier alpha value is -3.57. The highest BCUT2D eigenvalue weighted by Crippen LogP contribution is 2.14. The Morgan fingerprint density at radius 2 is 1.76 bits per heavy atom. The summed E-state index contributed by atoms with van der Waals surface area (Å²) in [5, 5.41) is 0. The van der Waals surface area contributed by atoms with Gasteiger partial charge in [-0.15, -0.1) is 0 Å². The second kappa shape index (κ2) is 8.20. The number of rotatable bonds is 5. The van der Waals surface area contributed by atoms with Gasteiger partial charge < -0.3 is 0 Å². The van der Waals surface area contributed by atoms with Crippen molar-refractivity contribution in [2.45, 2.75) is 4.90 Å². The lowest BCUT2D eigenvalue weighted by atomic mass is 10.2. The number of imidazole rings is 1. The van der Waals surface area contributed by atoms with Crippen LogP contribution in [-0.2, 0) is 10.0 Å². The minimum absolute atomic E-state index is 0.0271. The first kappa shape index (κ1) is 20.2. The predicted molar refractivity (Wildman–Crippen MR) is 104 cm³/mol. The topological polar surface area (TPSA) is 126 Å². The first-order chi connectivity index (χ1) is 13.8. The number of hydrogen-bond acceptors (Lipinski definition) is 6. The summed E-state index contributed by atoms with van der Waals surface area (Å²) in [5.74, 6) is -0.640. The minimum Gasteiger partial charge on any atom is -0.291 e. The number of benzene rings is 1. The second-order valence-corrected chi connectivity index (χ2v) is 8.25. The third kappa shape index (κ3) is 4.47. The summed E-state index contributed by atoms with van der Waals surface area (Å²) >= 11 is 0. The van der Waals surface area contributed by atoms with Crippen molar-refractivity contribution in [3.05, 3.63) is 72.4 Å². The molecule has 2 amide bonds. The Morgan fingerprint density at radius 3 is 2.34 bits per heavy atom. The van der Waals surface area contributed by atoms with Crippen molar-refractivity contribution in [1.82, 2.24) is 29.7 Å². The average molecular weight is 414 g/mol. The number of sulfonamides is 1. The molecule has 0 bridgehead atoms. The Kier molecular flexibility index (Phi) is 5.71. The number of carbonyl (C=O) groups excluding carboxylic acids is 2. The molecule has 2 heterocycles. The van der Waals surface area contributed by atoms with E-state index in [1.54, 1.807) is 35.4 Å². The summed E-state index contributed by atoms with van der Waals surface area (Å²) in [6.45, 7) is 0. The lowest BCUT2D eigenvalue weighted by Crippen LogP contribution is -2.41. The number of hydrazine groups is 1. The number of amides is 2. The van der Waals surface area contributed by atoms with Crippen molar-refractivity contribution in [3.8, 4) is 5.82 Å². The molecule has 1 aromatic carbocycles. The van der Waals surface area contributed by atoms with Crippen molar-refractivity contribution in [3.63, 3.8) is 0 Å². The monoisotopic (exact) mass is 414 g/mol. The van der Waals surface area contributed by atoms with Crippen LogP contribution in [-0.4, -0.2) is 53.2 Å². The Labute approximate surface area is 167 Å². The molecule has 2 N–H and O–H groups in total. The molecule has 150 valence electrons. The van der Waals surface area contributed by atoms with Crippen molar-refractivity contribution < 1.29 is 18.0 Å². The molecule has 0 spiro atoms. The van der Waals surface area contributed by atoms with E-state index in [2.05, 4.69) is 20.8 Å². The van der Waals surface area contributed by atoms with Crippen LogP contribution < -0.4 is 10.9 Å². The molecule has 0 aliphatic heterocycles. The van der Waals surface area contributed by atoms with Crippen LogP contribution in [0.1, 0.15) is 20.7 Å². The van der Waals surface area contributed by atoms with Crippen molar-refractivity contribution in [2.24, 2.45) is 0 Å². The molecule has 11 heteroatoms. The molecule has 0 saturated heterocycles. The Bertz CT molecular complexity index is 1130. The molecular weight excluding hydrogens is 396 g/mol. The lowest BCUT2D eigenvalue weighted by molar-refractivity contribution is 0.0846. The van der Waals surface area contributed by atoms with Crippen LogP contribution in [0.25, 0.3) is 5.82 Å². The van der Waals surface area contributed by atoms with E-state index in [1.807, 2.05) is 0 Å². The van der Waals surface area contributed by atoms with Gasteiger partial charge in [-0.25, -0.2) is 22.7 Å². The van der Waals surface area contributed by atoms with Gasteiger partial charge in [0.25, 0.3) is 11.8 Å². The fourth-order valence-electron chi connectivity index (χ4n) is 2.33. The number of nitrogens with one attached hydrogen (secondary N) is 2. The van der Waals surface area contributed by atoms with Crippen LogP contribution in [0.2, 0.25) is 0 Å². The van der Waals surface area contributed by atoms with Gasteiger partial charge in [0, 0.05) is 38.2 Å².